The molecule has 1 aliphatic rings. The quantitative estimate of drug-likeness (QED) is 0.660. The van der Waals surface area contributed by atoms with Crippen LogP contribution in [0.5, 0.6) is 5.75 Å². The van der Waals surface area contributed by atoms with Crippen LogP contribution in [0, 0.1) is 5.92 Å². The summed E-state index contributed by atoms with van der Waals surface area (Å²) in [7, 11) is 0. The van der Waals surface area contributed by atoms with E-state index in [4.69, 9.17) is 4.74 Å². The van der Waals surface area contributed by atoms with Crippen LogP contribution < -0.4 is 10.1 Å². The Labute approximate surface area is 125 Å². The van der Waals surface area contributed by atoms with Crippen molar-refractivity contribution in [1.82, 2.24) is 0 Å². The van der Waals surface area contributed by atoms with E-state index in [9.17, 15) is 9.59 Å². The number of benzene rings is 1. The largest absolute Gasteiger partial charge is 0.427 e. The lowest BCUT2D eigenvalue weighted by Crippen LogP contribution is -2.12. The van der Waals surface area contributed by atoms with Gasteiger partial charge in [-0.05, 0) is 36.6 Å². The molecule has 114 valence electrons. The molecule has 4 heteroatoms. The van der Waals surface area contributed by atoms with Crippen LogP contribution in [0.3, 0.4) is 0 Å². The highest BCUT2D eigenvalue weighted by Gasteiger charge is 2.15. The Morgan fingerprint density at radius 2 is 1.81 bits per heavy atom. The zero-order chi connectivity index (χ0) is 15.1. The molecule has 21 heavy (non-hydrogen) atoms. The molecule has 1 aromatic rings. The van der Waals surface area contributed by atoms with Crippen LogP contribution >= 0.6 is 0 Å². The van der Waals surface area contributed by atoms with Gasteiger partial charge in [0.15, 0.2) is 0 Å². The monoisotopic (exact) mass is 289 g/mol. The Hall–Kier alpha value is -1.84. The molecule has 1 aliphatic carbocycles. The summed E-state index contributed by atoms with van der Waals surface area (Å²) in [6.45, 7) is 1.46. The number of esters is 1. The molecule has 1 N–H and O–H groups in total. The number of carbonyl (C=O) groups is 2. The summed E-state index contributed by atoms with van der Waals surface area (Å²) < 4.78 is 5.31. The minimum Gasteiger partial charge on any atom is -0.427 e. The lowest BCUT2D eigenvalue weighted by atomic mass is 9.86. The van der Waals surface area contributed by atoms with Crippen molar-refractivity contribution in [2.75, 3.05) is 5.32 Å². The van der Waals surface area contributed by atoms with E-state index in [1.54, 1.807) is 24.3 Å². The summed E-state index contributed by atoms with van der Waals surface area (Å²) in [6, 6.07) is 6.85. The first kappa shape index (κ1) is 15.5. The second kappa shape index (κ2) is 7.81. The van der Waals surface area contributed by atoms with Gasteiger partial charge in [0, 0.05) is 19.0 Å². The molecule has 0 bridgehead atoms. The van der Waals surface area contributed by atoms with Crippen LogP contribution in [0.1, 0.15) is 51.9 Å². The van der Waals surface area contributed by atoms with E-state index in [1.165, 1.54) is 39.0 Å². The van der Waals surface area contributed by atoms with Gasteiger partial charge in [-0.2, -0.15) is 0 Å². The van der Waals surface area contributed by atoms with E-state index >= 15 is 0 Å². The minimum absolute atomic E-state index is 0.118. The maximum absolute atomic E-state index is 11.8. The molecule has 1 amide bonds. The third-order valence-electron chi connectivity index (χ3n) is 3.89. The van der Waals surface area contributed by atoms with Gasteiger partial charge in [0.1, 0.15) is 5.75 Å². The maximum Gasteiger partial charge on any atom is 0.311 e. The number of rotatable bonds is 5. The Morgan fingerprint density at radius 3 is 2.43 bits per heavy atom. The molecule has 0 aromatic heterocycles. The topological polar surface area (TPSA) is 55.4 Å². The highest BCUT2D eigenvalue weighted by molar-refractivity contribution is 5.88. The zero-order valence-corrected chi connectivity index (χ0v) is 12.6. The number of hydrogen-bond donors (Lipinski definition) is 1. The average molecular weight is 289 g/mol. The van der Waals surface area contributed by atoms with E-state index < -0.39 is 0 Å². The first-order chi connectivity index (χ1) is 10.1. The Bertz CT molecular complexity index is 475. The van der Waals surface area contributed by atoms with Crippen LogP contribution in [0.15, 0.2) is 24.3 Å². The minimum atomic E-state index is -0.173. The second-order valence-electron chi connectivity index (χ2n) is 5.72. The first-order valence-corrected chi connectivity index (χ1v) is 7.72. The van der Waals surface area contributed by atoms with E-state index in [1.807, 2.05) is 0 Å². The normalized spacial score (nSPS) is 15.5. The van der Waals surface area contributed by atoms with Gasteiger partial charge in [-0.1, -0.05) is 32.1 Å². The van der Waals surface area contributed by atoms with Crippen molar-refractivity contribution < 1.29 is 14.3 Å². The summed E-state index contributed by atoms with van der Waals surface area (Å²) in [6.07, 6.45) is 7.84. The lowest BCUT2D eigenvalue weighted by Gasteiger charge is -2.20. The van der Waals surface area contributed by atoms with Gasteiger partial charge in [0.25, 0.3) is 0 Å². The summed E-state index contributed by atoms with van der Waals surface area (Å²) >= 11 is 0. The van der Waals surface area contributed by atoms with Crippen LogP contribution in [0.25, 0.3) is 0 Å². The number of amides is 1. The molecule has 0 atom stereocenters. The zero-order valence-electron chi connectivity index (χ0n) is 12.6. The molecular formula is C17H23NO3. The summed E-state index contributed by atoms with van der Waals surface area (Å²) in [5, 5.41) is 2.67. The van der Waals surface area contributed by atoms with Gasteiger partial charge in [-0.25, -0.2) is 0 Å². The average Bonchev–Trinajstić information content (AvgIpc) is 2.48. The number of nitrogens with one attached hydrogen (secondary N) is 1. The SMILES string of the molecule is CC(=O)Nc1ccc(OC(=O)CCC2CCCCC2)cc1. The molecule has 1 saturated carbocycles. The molecular weight excluding hydrogens is 266 g/mol. The molecule has 0 radical (unpaired) electrons. The first-order valence-electron chi connectivity index (χ1n) is 7.72. The molecule has 1 fully saturated rings. The predicted octanol–water partition coefficient (Wildman–Crippen LogP) is 3.91. The van der Waals surface area contributed by atoms with E-state index in [0.29, 0.717) is 23.8 Å². The highest BCUT2D eigenvalue weighted by atomic mass is 16.5. The molecule has 0 unspecified atom stereocenters. The summed E-state index contributed by atoms with van der Waals surface area (Å²) in [5.74, 6) is 0.922. The van der Waals surface area contributed by atoms with Gasteiger partial charge >= 0.3 is 5.97 Å². The van der Waals surface area contributed by atoms with Crippen molar-refractivity contribution in [3.63, 3.8) is 0 Å². The third-order valence-corrected chi connectivity index (χ3v) is 3.89. The smallest absolute Gasteiger partial charge is 0.311 e. The maximum atomic E-state index is 11.8. The van der Waals surface area contributed by atoms with Crippen LogP contribution in [0.2, 0.25) is 0 Å². The standard InChI is InChI=1S/C17H23NO3/c1-13(19)18-15-8-10-16(11-9-15)21-17(20)12-7-14-5-3-2-4-6-14/h8-11,14H,2-7,12H2,1H3,(H,18,19). The van der Waals surface area contributed by atoms with Gasteiger partial charge < -0.3 is 10.1 Å². The fraction of sp³-hybridized carbons (Fsp3) is 0.529. The summed E-state index contributed by atoms with van der Waals surface area (Å²) in [4.78, 5) is 22.7. The van der Waals surface area contributed by atoms with Gasteiger partial charge in [-0.3, -0.25) is 9.59 Å². The van der Waals surface area contributed by atoms with Crippen LogP contribution in [-0.2, 0) is 9.59 Å². The molecule has 0 spiro atoms. The van der Waals surface area contributed by atoms with Gasteiger partial charge in [0.05, 0.1) is 0 Å². The third kappa shape index (κ3) is 5.58. The van der Waals surface area contributed by atoms with Crippen molar-refractivity contribution in [3.05, 3.63) is 24.3 Å². The number of carbonyl (C=O) groups excluding carboxylic acids is 2. The predicted molar refractivity (Wildman–Crippen MR) is 82.2 cm³/mol. The fourth-order valence-electron chi connectivity index (χ4n) is 2.79. The van der Waals surface area contributed by atoms with Crippen molar-refractivity contribution in [1.29, 1.82) is 0 Å². The summed E-state index contributed by atoms with van der Waals surface area (Å²) in [5.41, 5.74) is 0.699. The van der Waals surface area contributed by atoms with Crippen molar-refractivity contribution in [3.8, 4) is 5.75 Å². The van der Waals surface area contributed by atoms with Gasteiger partial charge in [0.2, 0.25) is 5.91 Å². The Balaban J connectivity index is 1.75. The molecule has 0 saturated heterocycles. The number of ether oxygens (including phenoxy) is 1. The van der Waals surface area contributed by atoms with Crippen molar-refractivity contribution >= 4 is 17.6 Å². The van der Waals surface area contributed by atoms with E-state index in [0.717, 1.165) is 6.42 Å². The molecule has 2 rings (SSSR count). The molecule has 0 aliphatic heterocycles. The number of anilines is 1. The van der Waals surface area contributed by atoms with Crippen molar-refractivity contribution in [2.24, 2.45) is 5.92 Å². The molecule has 0 heterocycles. The molecule has 4 nitrogen and oxygen atoms in total. The second-order valence-corrected chi connectivity index (χ2v) is 5.72. The van der Waals surface area contributed by atoms with Crippen molar-refractivity contribution in [2.45, 2.75) is 51.9 Å². The Kier molecular flexibility index (Phi) is 5.78. The van der Waals surface area contributed by atoms with E-state index in [-0.39, 0.29) is 11.9 Å². The van der Waals surface area contributed by atoms with E-state index in [2.05, 4.69) is 5.32 Å². The number of hydrogen-bond acceptors (Lipinski definition) is 3. The molecule has 1 aromatic carbocycles. The highest BCUT2D eigenvalue weighted by Crippen LogP contribution is 2.27. The van der Waals surface area contributed by atoms with Gasteiger partial charge in [-0.15, -0.1) is 0 Å². The fourth-order valence-corrected chi connectivity index (χ4v) is 2.79. The lowest BCUT2D eigenvalue weighted by molar-refractivity contribution is -0.134. The van der Waals surface area contributed by atoms with Crippen LogP contribution in [0.4, 0.5) is 5.69 Å². The Morgan fingerprint density at radius 1 is 1.14 bits per heavy atom. The van der Waals surface area contributed by atoms with Crippen LogP contribution in [-0.4, -0.2) is 11.9 Å².